The lowest BCUT2D eigenvalue weighted by Gasteiger charge is -2.27. The van der Waals surface area contributed by atoms with Crippen molar-refractivity contribution in [1.82, 2.24) is 15.2 Å². The number of nitrogens with one attached hydrogen (secondary N) is 1. The Balaban J connectivity index is 1.46. The molecular weight excluding hydrogens is 364 g/mol. The van der Waals surface area contributed by atoms with Crippen molar-refractivity contribution >= 4 is 17.5 Å². The van der Waals surface area contributed by atoms with Gasteiger partial charge in [0.1, 0.15) is 0 Å². The van der Waals surface area contributed by atoms with Crippen LogP contribution in [0.25, 0.3) is 0 Å². The largest absolute Gasteiger partial charge is 0.355 e. The highest BCUT2D eigenvalue weighted by Gasteiger charge is 2.39. The summed E-state index contributed by atoms with van der Waals surface area (Å²) >= 11 is 0. The van der Waals surface area contributed by atoms with Crippen LogP contribution in [0.5, 0.6) is 0 Å². The van der Waals surface area contributed by atoms with Gasteiger partial charge in [-0.2, -0.15) is 0 Å². The van der Waals surface area contributed by atoms with Crippen LogP contribution in [0.4, 0.5) is 5.69 Å². The van der Waals surface area contributed by atoms with Gasteiger partial charge in [-0.15, -0.1) is 0 Å². The molecule has 3 heterocycles. The molecule has 0 aliphatic carbocycles. The van der Waals surface area contributed by atoms with Crippen LogP contribution < -0.4 is 10.2 Å². The first kappa shape index (κ1) is 19.6. The molecule has 4 rings (SSSR count). The number of likely N-dealkylation sites (tertiary alicyclic amines) is 1. The fraction of sp³-hybridized carbons (Fsp3) is 0.435. The van der Waals surface area contributed by atoms with Crippen LogP contribution in [0.3, 0.4) is 0 Å². The molecule has 1 atom stereocenters. The fourth-order valence-corrected chi connectivity index (χ4v) is 4.23. The van der Waals surface area contributed by atoms with Crippen molar-refractivity contribution in [2.75, 3.05) is 31.1 Å². The SMILES string of the molecule is Cc1ccc(N2C(=O)c3cccnc3C2CC(=O)NCCN2CCCCC2)cc1. The van der Waals surface area contributed by atoms with Crippen LogP contribution in [0.1, 0.15) is 53.3 Å². The Bertz CT molecular complexity index is 875. The molecule has 0 radical (unpaired) electrons. The summed E-state index contributed by atoms with van der Waals surface area (Å²) < 4.78 is 0. The Morgan fingerprint density at radius 3 is 2.66 bits per heavy atom. The van der Waals surface area contributed by atoms with Gasteiger partial charge in [-0.3, -0.25) is 19.5 Å². The van der Waals surface area contributed by atoms with Crippen molar-refractivity contribution in [3.05, 3.63) is 59.4 Å². The molecule has 2 amide bonds. The molecule has 2 aliphatic rings. The van der Waals surface area contributed by atoms with E-state index in [1.54, 1.807) is 23.2 Å². The zero-order chi connectivity index (χ0) is 20.2. The van der Waals surface area contributed by atoms with Gasteiger partial charge in [0.2, 0.25) is 5.91 Å². The lowest BCUT2D eigenvalue weighted by molar-refractivity contribution is -0.121. The minimum absolute atomic E-state index is 0.0459. The Hall–Kier alpha value is -2.73. The van der Waals surface area contributed by atoms with E-state index >= 15 is 0 Å². The summed E-state index contributed by atoms with van der Waals surface area (Å²) in [6.07, 6.45) is 5.69. The first-order valence-electron chi connectivity index (χ1n) is 10.5. The third kappa shape index (κ3) is 4.32. The van der Waals surface area contributed by atoms with E-state index in [-0.39, 0.29) is 24.3 Å². The molecule has 2 aromatic rings. The average Bonchev–Trinajstić information content (AvgIpc) is 3.01. The standard InChI is InChI=1S/C23H28N4O2/c1-17-7-9-18(10-8-17)27-20(22-19(23(27)29)6-5-11-25-22)16-21(28)24-12-15-26-13-3-2-4-14-26/h5-11,20H,2-4,12-16H2,1H3,(H,24,28). The van der Waals surface area contributed by atoms with Gasteiger partial charge in [0, 0.05) is 25.0 Å². The van der Waals surface area contributed by atoms with Gasteiger partial charge in [-0.25, -0.2) is 0 Å². The molecule has 0 saturated carbocycles. The summed E-state index contributed by atoms with van der Waals surface area (Å²) in [5.74, 6) is -0.140. The first-order chi connectivity index (χ1) is 14.1. The van der Waals surface area contributed by atoms with Gasteiger partial charge in [0.25, 0.3) is 5.91 Å². The average molecular weight is 393 g/mol. The Morgan fingerprint density at radius 1 is 1.14 bits per heavy atom. The minimum Gasteiger partial charge on any atom is -0.355 e. The molecule has 1 aromatic carbocycles. The maximum absolute atomic E-state index is 13.0. The molecule has 2 aliphatic heterocycles. The first-order valence-corrected chi connectivity index (χ1v) is 10.5. The summed E-state index contributed by atoms with van der Waals surface area (Å²) in [6.45, 7) is 5.76. The fourth-order valence-electron chi connectivity index (χ4n) is 4.23. The van der Waals surface area contributed by atoms with Crippen molar-refractivity contribution in [3.63, 3.8) is 0 Å². The summed E-state index contributed by atoms with van der Waals surface area (Å²) in [6, 6.07) is 11.0. The molecule has 1 fully saturated rings. The minimum atomic E-state index is -0.378. The van der Waals surface area contributed by atoms with Crippen molar-refractivity contribution in [3.8, 4) is 0 Å². The summed E-state index contributed by atoms with van der Waals surface area (Å²) in [7, 11) is 0. The number of pyridine rings is 1. The number of carbonyl (C=O) groups excluding carboxylic acids is 2. The van der Waals surface area contributed by atoms with E-state index in [2.05, 4.69) is 15.2 Å². The molecule has 1 saturated heterocycles. The van der Waals surface area contributed by atoms with Crippen LogP contribution in [0.2, 0.25) is 0 Å². The van der Waals surface area contributed by atoms with Crippen LogP contribution in [0, 0.1) is 6.92 Å². The van der Waals surface area contributed by atoms with Gasteiger partial charge in [0.15, 0.2) is 0 Å². The predicted octanol–water partition coefficient (Wildman–Crippen LogP) is 3.08. The second kappa shape index (κ2) is 8.74. The molecule has 0 spiro atoms. The lowest BCUT2D eigenvalue weighted by Crippen LogP contribution is -2.39. The van der Waals surface area contributed by atoms with E-state index in [0.29, 0.717) is 17.8 Å². The maximum atomic E-state index is 13.0. The predicted molar refractivity (Wildman–Crippen MR) is 113 cm³/mol. The van der Waals surface area contributed by atoms with Gasteiger partial charge in [-0.05, 0) is 57.1 Å². The summed E-state index contributed by atoms with van der Waals surface area (Å²) in [5.41, 5.74) is 3.19. The van der Waals surface area contributed by atoms with Gasteiger partial charge in [0.05, 0.1) is 23.7 Å². The van der Waals surface area contributed by atoms with E-state index in [1.807, 2.05) is 31.2 Å². The number of anilines is 1. The second-order valence-corrected chi connectivity index (χ2v) is 7.92. The number of aryl methyl sites for hydroxylation is 1. The number of piperidine rings is 1. The molecule has 1 N–H and O–H groups in total. The number of fused-ring (bicyclic) bond motifs is 1. The maximum Gasteiger partial charge on any atom is 0.260 e. The molecule has 0 bridgehead atoms. The molecule has 1 unspecified atom stereocenters. The quantitative estimate of drug-likeness (QED) is 0.821. The molecule has 1 aromatic heterocycles. The number of hydrogen-bond acceptors (Lipinski definition) is 4. The topological polar surface area (TPSA) is 65.5 Å². The highest BCUT2D eigenvalue weighted by molar-refractivity contribution is 6.11. The molecule has 6 heteroatoms. The zero-order valence-electron chi connectivity index (χ0n) is 16.9. The highest BCUT2D eigenvalue weighted by atomic mass is 16.2. The second-order valence-electron chi connectivity index (χ2n) is 7.92. The number of aromatic nitrogens is 1. The molecule has 152 valence electrons. The number of carbonyl (C=O) groups is 2. The lowest BCUT2D eigenvalue weighted by atomic mass is 10.1. The van der Waals surface area contributed by atoms with E-state index in [0.717, 1.165) is 30.9 Å². The van der Waals surface area contributed by atoms with Gasteiger partial charge in [-0.1, -0.05) is 24.1 Å². The van der Waals surface area contributed by atoms with Crippen LogP contribution in [-0.4, -0.2) is 47.9 Å². The number of benzene rings is 1. The van der Waals surface area contributed by atoms with E-state index in [1.165, 1.54) is 19.3 Å². The third-order valence-electron chi connectivity index (χ3n) is 5.80. The smallest absolute Gasteiger partial charge is 0.260 e. The normalized spacial score (nSPS) is 19.3. The zero-order valence-corrected chi connectivity index (χ0v) is 16.9. The van der Waals surface area contributed by atoms with Crippen LogP contribution in [0.15, 0.2) is 42.6 Å². The van der Waals surface area contributed by atoms with Crippen molar-refractivity contribution < 1.29 is 9.59 Å². The van der Waals surface area contributed by atoms with Crippen molar-refractivity contribution in [2.45, 2.75) is 38.6 Å². The Morgan fingerprint density at radius 2 is 1.90 bits per heavy atom. The van der Waals surface area contributed by atoms with Crippen LogP contribution in [-0.2, 0) is 4.79 Å². The van der Waals surface area contributed by atoms with Crippen LogP contribution >= 0.6 is 0 Å². The van der Waals surface area contributed by atoms with Crippen molar-refractivity contribution in [2.24, 2.45) is 0 Å². The van der Waals surface area contributed by atoms with Gasteiger partial charge >= 0.3 is 0 Å². The Labute approximate surface area is 171 Å². The Kier molecular flexibility index (Phi) is 5.90. The van der Waals surface area contributed by atoms with Gasteiger partial charge < -0.3 is 10.2 Å². The van der Waals surface area contributed by atoms with E-state index < -0.39 is 0 Å². The van der Waals surface area contributed by atoms with E-state index in [4.69, 9.17) is 0 Å². The summed E-state index contributed by atoms with van der Waals surface area (Å²) in [5, 5.41) is 3.04. The van der Waals surface area contributed by atoms with Crippen molar-refractivity contribution in [1.29, 1.82) is 0 Å². The number of hydrogen-bond donors (Lipinski definition) is 1. The molecule has 6 nitrogen and oxygen atoms in total. The van der Waals surface area contributed by atoms with E-state index in [9.17, 15) is 9.59 Å². The summed E-state index contributed by atoms with van der Waals surface area (Å²) in [4.78, 5) is 34.3. The number of rotatable bonds is 6. The molecular formula is C23H28N4O2. The third-order valence-corrected chi connectivity index (χ3v) is 5.80. The number of amides is 2. The molecule has 29 heavy (non-hydrogen) atoms. The monoisotopic (exact) mass is 392 g/mol. The highest BCUT2D eigenvalue weighted by Crippen LogP contribution is 2.38. The number of nitrogens with zero attached hydrogens (tertiary/aromatic N) is 3.